The van der Waals surface area contributed by atoms with Gasteiger partial charge in [0.2, 0.25) is 5.91 Å². The minimum absolute atomic E-state index is 0.0268. The second kappa shape index (κ2) is 12.6. The van der Waals surface area contributed by atoms with Crippen LogP contribution < -0.4 is 15.9 Å². The number of likely N-dealkylation sites (tertiary alicyclic amines) is 1. The van der Waals surface area contributed by atoms with E-state index in [2.05, 4.69) is 29.2 Å². The highest BCUT2D eigenvalue weighted by atomic mass is 16.5. The number of hydroxylamine groups is 2. The Morgan fingerprint density at radius 3 is 2.06 bits per heavy atom. The van der Waals surface area contributed by atoms with Gasteiger partial charge in [-0.15, -0.1) is 0 Å². The molecule has 4 aromatic carbocycles. The smallest absolute Gasteiger partial charge is 0.274 e. The molecule has 2 spiro atoms. The van der Waals surface area contributed by atoms with Crippen molar-refractivity contribution in [2.45, 2.75) is 68.0 Å². The number of hydrogen-bond donors (Lipinski definition) is 4. The Kier molecular flexibility index (Phi) is 7.99. The summed E-state index contributed by atoms with van der Waals surface area (Å²) in [4.78, 5) is 58.4. The second-order valence-electron chi connectivity index (χ2n) is 15.5. The molecule has 1 saturated heterocycles. The number of hydrogen-bond acceptors (Lipinski definition) is 7. The fraction of sp³-hybridized carbons (Fsp3) is 0.333. The first kappa shape index (κ1) is 33.5. The van der Waals surface area contributed by atoms with Crippen molar-refractivity contribution in [2.75, 3.05) is 24.5 Å². The Bertz CT molecular complexity index is 2150. The number of para-hydroxylation sites is 1. The zero-order chi connectivity index (χ0) is 36.5. The van der Waals surface area contributed by atoms with Gasteiger partial charge < -0.3 is 9.80 Å². The lowest BCUT2D eigenvalue weighted by Crippen LogP contribution is -2.52. The summed E-state index contributed by atoms with van der Waals surface area (Å²) in [6, 6.07) is 28.9. The zero-order valence-electron chi connectivity index (χ0n) is 29.3. The van der Waals surface area contributed by atoms with Crippen molar-refractivity contribution in [3.05, 3.63) is 136 Å². The molecule has 5 aliphatic rings. The Morgan fingerprint density at radius 1 is 0.755 bits per heavy atom. The van der Waals surface area contributed by atoms with Crippen LogP contribution in [0.2, 0.25) is 0 Å². The van der Waals surface area contributed by atoms with Gasteiger partial charge >= 0.3 is 0 Å². The Hall–Kier alpha value is -5.36. The number of carbonyl (C=O) groups excluding carboxylic acids is 4. The van der Waals surface area contributed by atoms with Crippen LogP contribution in [0.1, 0.15) is 96.9 Å². The molecule has 4 amide bonds. The van der Waals surface area contributed by atoms with Crippen LogP contribution in [0.3, 0.4) is 0 Å². The van der Waals surface area contributed by atoms with Crippen molar-refractivity contribution < 1.29 is 29.6 Å². The molecule has 9 rings (SSSR count). The van der Waals surface area contributed by atoms with E-state index in [1.807, 2.05) is 52.3 Å². The van der Waals surface area contributed by atoms with Gasteiger partial charge in [-0.05, 0) is 96.4 Å². The summed E-state index contributed by atoms with van der Waals surface area (Å²) in [6.07, 6.45) is 4.98. The maximum atomic E-state index is 14.4. The maximum absolute atomic E-state index is 14.4. The number of fused-ring (bicyclic) bond motifs is 4. The van der Waals surface area contributed by atoms with Gasteiger partial charge in [0, 0.05) is 59.4 Å². The van der Waals surface area contributed by atoms with E-state index >= 15 is 0 Å². The Balaban J connectivity index is 0.921. The molecule has 4 aromatic rings. The topological polar surface area (TPSA) is 143 Å². The number of carbonyl (C=O) groups is 4. The number of anilines is 1. The molecule has 2 saturated carbocycles. The summed E-state index contributed by atoms with van der Waals surface area (Å²) in [5, 5.41) is 17.9. The SMILES string of the molecule is O=C(NO)c1ccc(CN2CC3(CCC3)c3ccc(C4CC4N4CCC5(C4)C(=O)N(Cc4ccc(C(=O)NO)cc4)c4ccccc45)cc3C2=O)cc1. The minimum Gasteiger partial charge on any atom is -0.333 e. The molecule has 0 aromatic heterocycles. The minimum atomic E-state index is -0.622. The number of nitrogens with zero attached hydrogens (tertiary/aromatic N) is 3. The van der Waals surface area contributed by atoms with Crippen LogP contribution in [0.5, 0.6) is 0 Å². The van der Waals surface area contributed by atoms with Gasteiger partial charge in [-0.1, -0.05) is 61.0 Å². The van der Waals surface area contributed by atoms with Crippen LogP contribution in [0.4, 0.5) is 5.69 Å². The molecule has 4 N–H and O–H groups in total. The second-order valence-corrected chi connectivity index (χ2v) is 15.5. The van der Waals surface area contributed by atoms with Crippen LogP contribution in [0.25, 0.3) is 0 Å². The standard InChI is InChI=1S/C42H41N5O6/c48-37(43-52)28-10-6-26(7-11-28)22-46-24-41(16-3-17-41)33-15-14-30(20-32(33)39(46)50)31-21-36(31)45-19-18-42(25-45)34-4-1-2-5-35(34)47(40(42)51)23-27-8-12-29(13-9-27)38(49)44-53/h1-2,4-15,20,31,36,52-53H,3,16-19,21-25H2,(H,43,48)(H,44,49). The average Bonchev–Trinajstić information content (AvgIpc) is 3.80. The van der Waals surface area contributed by atoms with E-state index in [1.54, 1.807) is 35.2 Å². The monoisotopic (exact) mass is 711 g/mol. The predicted molar refractivity (Wildman–Crippen MR) is 195 cm³/mol. The molecule has 3 fully saturated rings. The van der Waals surface area contributed by atoms with Crippen molar-refractivity contribution in [2.24, 2.45) is 0 Å². The first-order chi connectivity index (χ1) is 25.7. The van der Waals surface area contributed by atoms with Crippen LogP contribution >= 0.6 is 0 Å². The number of nitrogens with one attached hydrogen (secondary N) is 2. The van der Waals surface area contributed by atoms with E-state index in [1.165, 1.54) is 11.1 Å². The third-order valence-corrected chi connectivity index (χ3v) is 12.6. The average molecular weight is 712 g/mol. The molecular weight excluding hydrogens is 670 g/mol. The number of amides is 4. The Morgan fingerprint density at radius 2 is 1.42 bits per heavy atom. The van der Waals surface area contributed by atoms with E-state index in [-0.39, 0.29) is 17.2 Å². The fourth-order valence-corrected chi connectivity index (χ4v) is 9.55. The van der Waals surface area contributed by atoms with Crippen LogP contribution in [-0.2, 0) is 28.7 Å². The zero-order valence-corrected chi connectivity index (χ0v) is 29.3. The highest BCUT2D eigenvalue weighted by Gasteiger charge is 2.58. The molecule has 53 heavy (non-hydrogen) atoms. The molecule has 0 bridgehead atoms. The molecule has 3 atom stereocenters. The molecular formula is C42H41N5O6. The maximum Gasteiger partial charge on any atom is 0.274 e. The van der Waals surface area contributed by atoms with Crippen molar-refractivity contribution in [1.82, 2.24) is 20.8 Å². The predicted octanol–water partition coefficient (Wildman–Crippen LogP) is 5.05. The molecule has 3 heterocycles. The Labute approximate surface area is 307 Å². The number of rotatable bonds is 8. The summed E-state index contributed by atoms with van der Waals surface area (Å²) < 4.78 is 0. The van der Waals surface area contributed by atoms with Gasteiger partial charge in [-0.3, -0.25) is 34.5 Å². The van der Waals surface area contributed by atoms with E-state index in [4.69, 9.17) is 10.4 Å². The lowest BCUT2D eigenvalue weighted by molar-refractivity contribution is -0.123. The van der Waals surface area contributed by atoms with Crippen molar-refractivity contribution in [1.29, 1.82) is 0 Å². The molecule has 2 aliphatic carbocycles. The fourth-order valence-electron chi connectivity index (χ4n) is 9.55. The lowest BCUT2D eigenvalue weighted by atomic mass is 9.61. The van der Waals surface area contributed by atoms with Gasteiger partial charge in [0.25, 0.3) is 17.7 Å². The van der Waals surface area contributed by atoms with Crippen molar-refractivity contribution in [3.63, 3.8) is 0 Å². The van der Waals surface area contributed by atoms with Gasteiger partial charge in [0.15, 0.2) is 0 Å². The first-order valence-electron chi connectivity index (χ1n) is 18.4. The molecule has 11 heteroatoms. The van der Waals surface area contributed by atoms with E-state index in [9.17, 15) is 19.2 Å². The first-order valence-corrected chi connectivity index (χ1v) is 18.4. The molecule has 11 nitrogen and oxygen atoms in total. The summed E-state index contributed by atoms with van der Waals surface area (Å²) in [7, 11) is 0. The van der Waals surface area contributed by atoms with Crippen LogP contribution in [-0.4, -0.2) is 69.5 Å². The lowest BCUT2D eigenvalue weighted by Gasteiger charge is -2.49. The summed E-state index contributed by atoms with van der Waals surface area (Å²) in [5.74, 6) is -0.718. The highest BCUT2D eigenvalue weighted by Crippen LogP contribution is 2.54. The summed E-state index contributed by atoms with van der Waals surface area (Å²) in [6.45, 7) is 2.98. The third-order valence-electron chi connectivity index (χ3n) is 12.6. The van der Waals surface area contributed by atoms with E-state index in [0.717, 1.165) is 66.6 Å². The molecule has 3 unspecified atom stereocenters. The van der Waals surface area contributed by atoms with Gasteiger partial charge in [0.05, 0.1) is 12.0 Å². The largest absolute Gasteiger partial charge is 0.333 e. The van der Waals surface area contributed by atoms with Gasteiger partial charge in [-0.25, -0.2) is 11.0 Å². The summed E-state index contributed by atoms with van der Waals surface area (Å²) in [5.41, 5.74) is 10.3. The van der Waals surface area contributed by atoms with Crippen LogP contribution in [0, 0.1) is 0 Å². The van der Waals surface area contributed by atoms with Gasteiger partial charge in [-0.2, -0.15) is 0 Å². The van der Waals surface area contributed by atoms with Gasteiger partial charge in [0.1, 0.15) is 0 Å². The van der Waals surface area contributed by atoms with Crippen molar-refractivity contribution in [3.8, 4) is 0 Å². The quantitative estimate of drug-likeness (QED) is 0.148. The molecule has 0 radical (unpaired) electrons. The summed E-state index contributed by atoms with van der Waals surface area (Å²) >= 11 is 0. The normalized spacial score (nSPS) is 23.9. The van der Waals surface area contributed by atoms with E-state index < -0.39 is 17.2 Å². The third kappa shape index (κ3) is 5.45. The highest BCUT2D eigenvalue weighted by molar-refractivity contribution is 6.08. The van der Waals surface area contributed by atoms with E-state index in [0.29, 0.717) is 49.3 Å². The molecule has 3 aliphatic heterocycles. The molecule has 270 valence electrons. The number of benzene rings is 4. The van der Waals surface area contributed by atoms with Crippen molar-refractivity contribution >= 4 is 29.3 Å². The van der Waals surface area contributed by atoms with Crippen LogP contribution in [0.15, 0.2) is 91.0 Å².